The average molecular weight is 317 g/mol. The summed E-state index contributed by atoms with van der Waals surface area (Å²) in [5.41, 5.74) is 0.586. The molecule has 0 unspecified atom stereocenters. The molecular weight excluding hydrogens is 294 g/mol. The zero-order chi connectivity index (χ0) is 16.4. The van der Waals surface area contributed by atoms with Crippen molar-refractivity contribution in [3.8, 4) is 5.88 Å². The molecule has 0 fully saturated rings. The molecule has 0 bridgehead atoms. The second-order valence-corrected chi connectivity index (χ2v) is 6.21. The SMILES string of the molecule is CCOC1=NCc2nc3c(c(=O)n2[C@@H]1CC(C)C)CC=CCO3. The highest BCUT2D eigenvalue weighted by atomic mass is 16.5. The van der Waals surface area contributed by atoms with Crippen molar-refractivity contribution in [2.45, 2.75) is 46.2 Å². The number of rotatable bonds is 3. The van der Waals surface area contributed by atoms with E-state index in [1.165, 1.54) is 0 Å². The highest BCUT2D eigenvalue weighted by molar-refractivity contribution is 5.81. The summed E-state index contributed by atoms with van der Waals surface area (Å²) in [5, 5.41) is 0. The maximum atomic E-state index is 13.1. The van der Waals surface area contributed by atoms with Gasteiger partial charge in [0.2, 0.25) is 11.8 Å². The normalized spacial score (nSPS) is 19.5. The number of hydrogen-bond donors (Lipinski definition) is 0. The molecule has 0 spiro atoms. The molecule has 1 aromatic heterocycles. The van der Waals surface area contributed by atoms with Gasteiger partial charge in [0, 0.05) is 6.42 Å². The lowest BCUT2D eigenvalue weighted by atomic mass is 10.0. The molecule has 0 aromatic carbocycles. The summed E-state index contributed by atoms with van der Waals surface area (Å²) in [6, 6.07) is -0.184. The number of nitrogens with zero attached hydrogens (tertiary/aromatic N) is 3. The van der Waals surface area contributed by atoms with E-state index in [4.69, 9.17) is 9.47 Å². The Balaban J connectivity index is 2.11. The third-order valence-corrected chi connectivity index (χ3v) is 4.01. The number of ether oxygens (including phenoxy) is 2. The van der Waals surface area contributed by atoms with Gasteiger partial charge in [0.15, 0.2) is 0 Å². The Morgan fingerprint density at radius 3 is 3.00 bits per heavy atom. The molecule has 2 aliphatic rings. The molecule has 0 amide bonds. The van der Waals surface area contributed by atoms with Gasteiger partial charge >= 0.3 is 0 Å². The molecule has 3 rings (SSSR count). The average Bonchev–Trinajstić information content (AvgIpc) is 2.75. The molecule has 1 atom stereocenters. The zero-order valence-corrected chi connectivity index (χ0v) is 13.9. The van der Waals surface area contributed by atoms with Crippen LogP contribution < -0.4 is 10.3 Å². The maximum absolute atomic E-state index is 13.1. The van der Waals surface area contributed by atoms with Crippen LogP contribution in [0.1, 0.15) is 44.6 Å². The van der Waals surface area contributed by atoms with Crippen molar-refractivity contribution in [2.24, 2.45) is 10.9 Å². The Kier molecular flexibility index (Phi) is 4.50. The molecule has 6 heteroatoms. The summed E-state index contributed by atoms with van der Waals surface area (Å²) in [5.74, 6) is 2.16. The van der Waals surface area contributed by atoms with Gasteiger partial charge in [-0.05, 0) is 19.3 Å². The van der Waals surface area contributed by atoms with Crippen LogP contribution in [-0.2, 0) is 17.7 Å². The topological polar surface area (TPSA) is 65.7 Å². The van der Waals surface area contributed by atoms with E-state index in [-0.39, 0.29) is 11.6 Å². The minimum atomic E-state index is -0.184. The van der Waals surface area contributed by atoms with E-state index in [1.54, 1.807) is 4.57 Å². The van der Waals surface area contributed by atoms with Gasteiger partial charge in [-0.3, -0.25) is 9.36 Å². The number of fused-ring (bicyclic) bond motifs is 2. The summed E-state index contributed by atoms with van der Waals surface area (Å²) in [7, 11) is 0. The minimum absolute atomic E-state index is 0.0331. The van der Waals surface area contributed by atoms with Gasteiger partial charge in [0.25, 0.3) is 5.56 Å². The van der Waals surface area contributed by atoms with Crippen molar-refractivity contribution in [2.75, 3.05) is 13.2 Å². The zero-order valence-electron chi connectivity index (χ0n) is 13.9. The highest BCUT2D eigenvalue weighted by Crippen LogP contribution is 2.27. The summed E-state index contributed by atoms with van der Waals surface area (Å²) in [6.45, 7) is 7.54. The summed E-state index contributed by atoms with van der Waals surface area (Å²) in [4.78, 5) is 22.1. The predicted octanol–water partition coefficient (Wildman–Crippen LogP) is 2.27. The monoisotopic (exact) mass is 317 g/mol. The number of hydrogen-bond acceptors (Lipinski definition) is 5. The third-order valence-electron chi connectivity index (χ3n) is 4.01. The molecule has 23 heavy (non-hydrogen) atoms. The van der Waals surface area contributed by atoms with Crippen LogP contribution in [0.2, 0.25) is 0 Å². The summed E-state index contributed by atoms with van der Waals surface area (Å²) < 4.78 is 13.1. The van der Waals surface area contributed by atoms with E-state index < -0.39 is 0 Å². The lowest BCUT2D eigenvalue weighted by Crippen LogP contribution is -2.39. The van der Waals surface area contributed by atoms with E-state index in [2.05, 4.69) is 23.8 Å². The standard InChI is InChI=1S/C17H23N3O3/c1-4-22-16-13(9-11(2)3)20-14(10-18-16)19-15-12(17(20)21)7-5-6-8-23-15/h5-6,11,13H,4,7-10H2,1-3H3/t13-/m1/s1. The molecule has 0 saturated carbocycles. The van der Waals surface area contributed by atoms with Gasteiger partial charge in [-0.2, -0.15) is 4.98 Å². The van der Waals surface area contributed by atoms with Crippen LogP contribution in [0.3, 0.4) is 0 Å². The van der Waals surface area contributed by atoms with Crippen LogP contribution >= 0.6 is 0 Å². The fourth-order valence-corrected chi connectivity index (χ4v) is 3.02. The molecule has 0 N–H and O–H groups in total. The Bertz CT molecular complexity index is 704. The first-order chi connectivity index (χ1) is 11.1. The van der Waals surface area contributed by atoms with Crippen LogP contribution in [0, 0.1) is 5.92 Å². The Labute approximate surface area is 135 Å². The van der Waals surface area contributed by atoms with E-state index >= 15 is 0 Å². The number of allylic oxidation sites excluding steroid dienone is 1. The summed E-state index contributed by atoms with van der Waals surface area (Å²) >= 11 is 0. The molecule has 0 radical (unpaired) electrons. The molecule has 124 valence electrons. The predicted molar refractivity (Wildman–Crippen MR) is 88.1 cm³/mol. The maximum Gasteiger partial charge on any atom is 0.261 e. The second kappa shape index (κ2) is 6.56. The molecule has 6 nitrogen and oxygen atoms in total. The van der Waals surface area contributed by atoms with Gasteiger partial charge in [-0.25, -0.2) is 4.99 Å². The molecule has 2 aliphatic heterocycles. The van der Waals surface area contributed by atoms with E-state index in [0.717, 1.165) is 6.42 Å². The highest BCUT2D eigenvalue weighted by Gasteiger charge is 2.31. The first-order valence-corrected chi connectivity index (χ1v) is 8.21. The number of aromatic nitrogens is 2. The van der Waals surface area contributed by atoms with Crippen LogP contribution in [0.15, 0.2) is 21.9 Å². The Morgan fingerprint density at radius 2 is 2.26 bits per heavy atom. The van der Waals surface area contributed by atoms with Crippen molar-refractivity contribution >= 4 is 5.90 Å². The minimum Gasteiger partial charge on any atom is -0.480 e. The van der Waals surface area contributed by atoms with Crippen LogP contribution in [0.4, 0.5) is 0 Å². The lowest BCUT2D eigenvalue weighted by molar-refractivity contribution is 0.273. The van der Waals surface area contributed by atoms with Crippen molar-refractivity contribution in [3.63, 3.8) is 0 Å². The van der Waals surface area contributed by atoms with Gasteiger partial charge < -0.3 is 9.47 Å². The quantitative estimate of drug-likeness (QED) is 0.802. The fourth-order valence-electron chi connectivity index (χ4n) is 3.02. The first-order valence-electron chi connectivity index (χ1n) is 8.21. The van der Waals surface area contributed by atoms with Gasteiger partial charge in [0.1, 0.15) is 25.0 Å². The first kappa shape index (κ1) is 15.8. The van der Waals surface area contributed by atoms with Gasteiger partial charge in [-0.15, -0.1) is 0 Å². The Hall–Kier alpha value is -2.11. The van der Waals surface area contributed by atoms with Crippen molar-refractivity contribution < 1.29 is 9.47 Å². The molecule has 0 saturated heterocycles. The van der Waals surface area contributed by atoms with E-state index in [9.17, 15) is 4.79 Å². The Morgan fingerprint density at radius 1 is 1.43 bits per heavy atom. The van der Waals surface area contributed by atoms with Crippen molar-refractivity contribution in [1.82, 2.24) is 9.55 Å². The van der Waals surface area contributed by atoms with Gasteiger partial charge in [0.05, 0.1) is 12.2 Å². The van der Waals surface area contributed by atoms with E-state index in [1.807, 2.05) is 19.1 Å². The van der Waals surface area contributed by atoms with Crippen molar-refractivity contribution in [3.05, 3.63) is 33.9 Å². The smallest absolute Gasteiger partial charge is 0.261 e. The fraction of sp³-hybridized carbons (Fsp3) is 0.588. The molecular formula is C17H23N3O3. The summed E-state index contributed by atoms with van der Waals surface area (Å²) in [6.07, 6.45) is 5.22. The molecule has 0 aliphatic carbocycles. The third kappa shape index (κ3) is 3.02. The van der Waals surface area contributed by atoms with Gasteiger partial charge in [-0.1, -0.05) is 26.0 Å². The second-order valence-electron chi connectivity index (χ2n) is 6.21. The number of aliphatic imine (C=N–C) groups is 1. The van der Waals surface area contributed by atoms with E-state index in [0.29, 0.717) is 55.3 Å². The largest absolute Gasteiger partial charge is 0.480 e. The molecule has 3 heterocycles. The van der Waals surface area contributed by atoms with Crippen LogP contribution in [-0.4, -0.2) is 28.7 Å². The van der Waals surface area contributed by atoms with Crippen LogP contribution in [0.25, 0.3) is 0 Å². The van der Waals surface area contributed by atoms with Crippen molar-refractivity contribution in [1.29, 1.82) is 0 Å². The molecule has 1 aromatic rings. The van der Waals surface area contributed by atoms with Crippen LogP contribution in [0.5, 0.6) is 5.88 Å². The lowest BCUT2D eigenvalue weighted by Gasteiger charge is -2.29.